The Kier molecular flexibility index (Phi) is 6.38. The van der Waals surface area contributed by atoms with Crippen LogP contribution in [0.1, 0.15) is 44.6 Å². The smallest absolute Gasteiger partial charge is 0.326 e. The minimum absolute atomic E-state index is 0.289. The topological polar surface area (TPSA) is 108 Å². The lowest BCUT2D eigenvalue weighted by molar-refractivity contribution is -0.143. The molecule has 0 aliphatic heterocycles. The summed E-state index contributed by atoms with van der Waals surface area (Å²) < 4.78 is 0. The van der Waals surface area contributed by atoms with Crippen LogP contribution < -0.4 is 16.0 Å². The van der Waals surface area contributed by atoms with Crippen molar-refractivity contribution in [1.29, 1.82) is 0 Å². The molecule has 1 fully saturated rings. The summed E-state index contributed by atoms with van der Waals surface area (Å²) >= 11 is 0. The molecular formula is C18H25N3O4. The van der Waals surface area contributed by atoms with Crippen LogP contribution in [0.4, 0.5) is 4.79 Å². The molecule has 7 nitrogen and oxygen atoms in total. The average molecular weight is 347 g/mol. The number of urea groups is 1. The van der Waals surface area contributed by atoms with E-state index in [1.54, 1.807) is 6.92 Å². The number of nitrogens with one attached hydrogen (secondary N) is 3. The summed E-state index contributed by atoms with van der Waals surface area (Å²) in [5.41, 5.74) is -0.0802. The van der Waals surface area contributed by atoms with E-state index in [1.165, 1.54) is 0 Å². The second kappa shape index (κ2) is 8.50. The second-order valence-electron chi connectivity index (χ2n) is 6.36. The average Bonchev–Trinajstić information content (AvgIpc) is 3.08. The van der Waals surface area contributed by atoms with E-state index in [1.807, 2.05) is 30.3 Å². The molecule has 0 heterocycles. The molecule has 1 aromatic rings. The minimum Gasteiger partial charge on any atom is -0.480 e. The zero-order chi connectivity index (χ0) is 18.3. The Labute approximate surface area is 147 Å². The molecule has 136 valence electrons. The standard InChI is InChI=1S/C18H25N3O4/c1-2-14(15(22)23)20-16(24)18(10-6-7-11-18)21-17(25)19-12-13-8-4-3-5-9-13/h3-5,8-9,14H,2,6-7,10-12H2,1H3,(H,20,24)(H,22,23)(H2,19,21,25). The Morgan fingerprint density at radius 3 is 2.36 bits per heavy atom. The highest BCUT2D eigenvalue weighted by atomic mass is 16.4. The van der Waals surface area contributed by atoms with Crippen LogP contribution >= 0.6 is 0 Å². The van der Waals surface area contributed by atoms with Crippen molar-refractivity contribution in [1.82, 2.24) is 16.0 Å². The van der Waals surface area contributed by atoms with Crippen molar-refractivity contribution < 1.29 is 19.5 Å². The summed E-state index contributed by atoms with van der Waals surface area (Å²) in [6, 6.07) is 8.10. The molecule has 4 N–H and O–H groups in total. The van der Waals surface area contributed by atoms with Gasteiger partial charge in [-0.25, -0.2) is 9.59 Å². The molecule has 1 aliphatic carbocycles. The fourth-order valence-electron chi connectivity index (χ4n) is 3.06. The zero-order valence-electron chi connectivity index (χ0n) is 14.4. The van der Waals surface area contributed by atoms with Gasteiger partial charge in [0, 0.05) is 6.54 Å². The van der Waals surface area contributed by atoms with Crippen LogP contribution in [0.15, 0.2) is 30.3 Å². The summed E-state index contributed by atoms with van der Waals surface area (Å²) in [6.45, 7) is 2.05. The van der Waals surface area contributed by atoms with Gasteiger partial charge in [-0.1, -0.05) is 50.1 Å². The van der Waals surface area contributed by atoms with Crippen molar-refractivity contribution >= 4 is 17.9 Å². The van der Waals surface area contributed by atoms with Gasteiger partial charge in [0.2, 0.25) is 5.91 Å². The molecule has 0 spiro atoms. The second-order valence-corrected chi connectivity index (χ2v) is 6.36. The van der Waals surface area contributed by atoms with Crippen LogP contribution in [-0.4, -0.2) is 34.6 Å². The molecule has 1 aliphatic rings. The first kappa shape index (κ1) is 18.8. The maximum absolute atomic E-state index is 12.6. The van der Waals surface area contributed by atoms with Crippen molar-refractivity contribution in [2.45, 2.75) is 57.2 Å². The molecule has 25 heavy (non-hydrogen) atoms. The molecule has 0 radical (unpaired) electrons. The van der Waals surface area contributed by atoms with Crippen molar-refractivity contribution in [2.24, 2.45) is 0 Å². The highest BCUT2D eigenvalue weighted by Crippen LogP contribution is 2.30. The van der Waals surface area contributed by atoms with Crippen molar-refractivity contribution in [3.05, 3.63) is 35.9 Å². The lowest BCUT2D eigenvalue weighted by Crippen LogP contribution is -2.61. The lowest BCUT2D eigenvalue weighted by atomic mass is 9.95. The van der Waals surface area contributed by atoms with Crippen LogP contribution in [0.5, 0.6) is 0 Å². The molecule has 0 aromatic heterocycles. The molecule has 1 aromatic carbocycles. The summed E-state index contributed by atoms with van der Waals surface area (Å²) in [4.78, 5) is 36.0. The van der Waals surface area contributed by atoms with Crippen LogP contribution in [0.3, 0.4) is 0 Å². The van der Waals surface area contributed by atoms with Gasteiger partial charge in [-0.2, -0.15) is 0 Å². The molecule has 0 bridgehead atoms. The number of hydrogen-bond donors (Lipinski definition) is 4. The van der Waals surface area contributed by atoms with Gasteiger partial charge < -0.3 is 21.1 Å². The first-order valence-electron chi connectivity index (χ1n) is 8.60. The Morgan fingerprint density at radius 2 is 1.80 bits per heavy atom. The number of rotatable bonds is 7. The van der Waals surface area contributed by atoms with E-state index < -0.39 is 29.5 Å². The number of carbonyl (C=O) groups is 3. The molecule has 1 unspecified atom stereocenters. The Balaban J connectivity index is 1.97. The van der Waals surface area contributed by atoms with Gasteiger partial charge in [0.1, 0.15) is 11.6 Å². The fraction of sp³-hybridized carbons (Fsp3) is 0.500. The third-order valence-electron chi connectivity index (χ3n) is 4.55. The normalized spacial score (nSPS) is 16.7. The number of carbonyl (C=O) groups excluding carboxylic acids is 2. The largest absolute Gasteiger partial charge is 0.480 e. The number of benzene rings is 1. The molecular weight excluding hydrogens is 322 g/mol. The van der Waals surface area contributed by atoms with Crippen LogP contribution in [0.25, 0.3) is 0 Å². The predicted molar refractivity (Wildman–Crippen MR) is 92.9 cm³/mol. The van der Waals surface area contributed by atoms with Crippen molar-refractivity contribution in [2.75, 3.05) is 0 Å². The molecule has 3 amide bonds. The molecule has 1 saturated carbocycles. The van der Waals surface area contributed by atoms with E-state index in [4.69, 9.17) is 5.11 Å². The summed E-state index contributed by atoms with van der Waals surface area (Å²) in [6.07, 6.45) is 2.94. The van der Waals surface area contributed by atoms with Crippen LogP contribution in [0, 0.1) is 0 Å². The Hall–Kier alpha value is -2.57. The third-order valence-corrected chi connectivity index (χ3v) is 4.55. The maximum atomic E-state index is 12.6. The Morgan fingerprint density at radius 1 is 1.16 bits per heavy atom. The van der Waals surface area contributed by atoms with E-state index >= 15 is 0 Å². The number of aliphatic carboxylic acids is 1. The summed E-state index contributed by atoms with van der Waals surface area (Å²) in [5, 5.41) is 17.2. The highest BCUT2D eigenvalue weighted by Gasteiger charge is 2.43. The van der Waals surface area contributed by atoms with Crippen LogP contribution in [0.2, 0.25) is 0 Å². The van der Waals surface area contributed by atoms with Gasteiger partial charge in [0.25, 0.3) is 0 Å². The summed E-state index contributed by atoms with van der Waals surface area (Å²) in [7, 11) is 0. The quantitative estimate of drug-likeness (QED) is 0.603. The fourth-order valence-corrected chi connectivity index (χ4v) is 3.06. The van der Waals surface area contributed by atoms with Crippen molar-refractivity contribution in [3.8, 4) is 0 Å². The van der Waals surface area contributed by atoms with E-state index in [2.05, 4.69) is 16.0 Å². The first-order valence-corrected chi connectivity index (χ1v) is 8.60. The van der Waals surface area contributed by atoms with Crippen LogP contribution in [-0.2, 0) is 16.1 Å². The predicted octanol–water partition coefficient (Wildman–Crippen LogP) is 1.78. The molecule has 1 atom stereocenters. The monoisotopic (exact) mass is 347 g/mol. The molecule has 2 rings (SSSR count). The maximum Gasteiger partial charge on any atom is 0.326 e. The van der Waals surface area contributed by atoms with Gasteiger partial charge in [-0.3, -0.25) is 4.79 Å². The Bertz CT molecular complexity index is 612. The van der Waals surface area contributed by atoms with Gasteiger partial charge in [-0.15, -0.1) is 0 Å². The summed E-state index contributed by atoms with van der Waals surface area (Å²) in [5.74, 6) is -1.49. The van der Waals surface area contributed by atoms with E-state index in [0.29, 0.717) is 19.4 Å². The van der Waals surface area contributed by atoms with E-state index in [0.717, 1.165) is 18.4 Å². The molecule has 7 heteroatoms. The van der Waals surface area contributed by atoms with E-state index in [-0.39, 0.29) is 6.42 Å². The number of carboxylic acids is 1. The minimum atomic E-state index is -1.07. The SMILES string of the molecule is CCC(NC(=O)C1(NC(=O)NCc2ccccc2)CCCC1)C(=O)O. The highest BCUT2D eigenvalue weighted by molar-refractivity contribution is 5.93. The number of hydrogen-bond acceptors (Lipinski definition) is 3. The van der Waals surface area contributed by atoms with Gasteiger partial charge in [0.05, 0.1) is 0 Å². The van der Waals surface area contributed by atoms with Crippen molar-refractivity contribution in [3.63, 3.8) is 0 Å². The number of carboxylic acid groups (broad SMARTS) is 1. The van der Waals surface area contributed by atoms with E-state index in [9.17, 15) is 14.4 Å². The molecule has 0 saturated heterocycles. The van der Waals surface area contributed by atoms with Gasteiger partial charge >= 0.3 is 12.0 Å². The number of amides is 3. The first-order chi connectivity index (χ1) is 12.0. The van der Waals surface area contributed by atoms with Gasteiger partial charge in [-0.05, 0) is 24.8 Å². The third kappa shape index (κ3) is 4.95. The lowest BCUT2D eigenvalue weighted by Gasteiger charge is -2.30. The zero-order valence-corrected chi connectivity index (χ0v) is 14.4. The van der Waals surface area contributed by atoms with Gasteiger partial charge in [0.15, 0.2) is 0 Å².